The normalized spacial score (nSPS) is 17.5. The molecule has 2 heterocycles. The van der Waals surface area contributed by atoms with Crippen LogP contribution in [0.15, 0.2) is 46.4 Å². The molecule has 1 spiro atoms. The van der Waals surface area contributed by atoms with Gasteiger partial charge in [-0.3, -0.25) is 0 Å². The lowest BCUT2D eigenvalue weighted by atomic mass is 10.1. The van der Waals surface area contributed by atoms with Gasteiger partial charge in [-0.2, -0.15) is 22.6 Å². The van der Waals surface area contributed by atoms with Crippen LogP contribution in [0.25, 0.3) is 0 Å². The van der Waals surface area contributed by atoms with Gasteiger partial charge < -0.3 is 9.80 Å². The van der Waals surface area contributed by atoms with Crippen molar-refractivity contribution in [3.8, 4) is 0 Å². The fraction of sp³-hybridized carbons (Fsp3) is 0.318. The molecule has 36 heavy (non-hydrogen) atoms. The van der Waals surface area contributed by atoms with Crippen LogP contribution in [0.2, 0.25) is 15.3 Å². The van der Waals surface area contributed by atoms with Crippen LogP contribution in [0.5, 0.6) is 0 Å². The molecule has 1 saturated carbocycles. The van der Waals surface area contributed by atoms with Crippen molar-refractivity contribution in [2.45, 2.75) is 30.2 Å². The maximum absolute atomic E-state index is 14.0. The standard InChI is InChI=1S/C22H20Cl3FN6O2S2/c1-13-2-4-15(5-3-13)36(33,34)30-28-19(18-16(23)10-14(26)11-17(18)24)32-9-8-31(12-22(32)6-7-22)21-27-20(25)29-35-21/h2-5,10-11,30H,6-9,12H2,1H3/b28-19-. The van der Waals surface area contributed by atoms with E-state index < -0.39 is 15.8 Å². The number of hydrogen-bond acceptors (Lipinski definition) is 7. The number of benzene rings is 2. The molecule has 3 aromatic rings. The summed E-state index contributed by atoms with van der Waals surface area (Å²) < 4.78 is 44.0. The van der Waals surface area contributed by atoms with Crippen LogP contribution >= 0.6 is 46.3 Å². The van der Waals surface area contributed by atoms with Gasteiger partial charge in [0.15, 0.2) is 5.84 Å². The molecular weight excluding hydrogens is 570 g/mol. The van der Waals surface area contributed by atoms with Crippen molar-refractivity contribution in [2.75, 3.05) is 24.5 Å². The molecule has 5 rings (SSSR count). The number of sulfonamides is 1. The number of nitrogens with one attached hydrogen (secondary N) is 1. The molecule has 1 aliphatic heterocycles. The quantitative estimate of drug-likeness (QED) is 0.258. The van der Waals surface area contributed by atoms with Gasteiger partial charge in [-0.25, -0.2) is 4.39 Å². The van der Waals surface area contributed by atoms with Crippen molar-refractivity contribution in [2.24, 2.45) is 5.10 Å². The summed E-state index contributed by atoms with van der Waals surface area (Å²) in [5.41, 5.74) is 0.823. The molecule has 0 atom stereocenters. The first-order chi connectivity index (χ1) is 17.1. The second kappa shape index (κ2) is 9.60. The highest BCUT2D eigenvalue weighted by molar-refractivity contribution is 7.89. The number of aryl methyl sites for hydroxylation is 1. The molecule has 2 aliphatic rings. The Kier molecular flexibility index (Phi) is 6.80. The van der Waals surface area contributed by atoms with Crippen molar-refractivity contribution in [3.63, 3.8) is 0 Å². The molecule has 190 valence electrons. The van der Waals surface area contributed by atoms with Crippen LogP contribution in [0.4, 0.5) is 9.52 Å². The number of hydrogen-bond donors (Lipinski definition) is 1. The smallest absolute Gasteiger partial charge is 0.276 e. The Bertz CT molecular complexity index is 1420. The lowest BCUT2D eigenvalue weighted by molar-refractivity contribution is 0.259. The number of anilines is 1. The van der Waals surface area contributed by atoms with Crippen LogP contribution in [0.3, 0.4) is 0 Å². The summed E-state index contributed by atoms with van der Waals surface area (Å²) in [6.07, 6.45) is 1.66. The number of halogens is 4. The van der Waals surface area contributed by atoms with E-state index in [-0.39, 0.29) is 37.2 Å². The van der Waals surface area contributed by atoms with Gasteiger partial charge in [-0.05, 0) is 55.6 Å². The van der Waals surface area contributed by atoms with E-state index in [9.17, 15) is 12.8 Å². The lowest BCUT2D eigenvalue weighted by Crippen LogP contribution is -2.57. The molecule has 1 aromatic heterocycles. The Morgan fingerprint density at radius 3 is 2.39 bits per heavy atom. The molecule has 0 amide bonds. The van der Waals surface area contributed by atoms with Gasteiger partial charge in [0.1, 0.15) is 5.82 Å². The highest BCUT2D eigenvalue weighted by Crippen LogP contribution is 2.47. The van der Waals surface area contributed by atoms with E-state index in [0.717, 1.165) is 30.5 Å². The second-order valence-electron chi connectivity index (χ2n) is 8.73. The minimum absolute atomic E-state index is 0.0300. The third-order valence-corrected chi connectivity index (χ3v) is 9.10. The van der Waals surface area contributed by atoms with E-state index in [1.165, 1.54) is 23.7 Å². The molecule has 1 aliphatic carbocycles. The third-order valence-electron chi connectivity index (χ3n) is 6.23. The first-order valence-corrected chi connectivity index (χ1v) is 14.3. The molecule has 1 N–H and O–H groups in total. The van der Waals surface area contributed by atoms with Crippen LogP contribution < -0.4 is 9.73 Å². The highest BCUT2D eigenvalue weighted by atomic mass is 35.5. The molecule has 0 bridgehead atoms. The predicted octanol–water partition coefficient (Wildman–Crippen LogP) is 4.94. The number of hydrazone groups is 1. The Morgan fingerprint density at radius 1 is 1.14 bits per heavy atom. The van der Waals surface area contributed by atoms with E-state index in [1.54, 1.807) is 12.1 Å². The second-order valence-corrected chi connectivity index (χ2v) is 12.3. The monoisotopic (exact) mass is 588 g/mol. The van der Waals surface area contributed by atoms with Crippen LogP contribution in [-0.4, -0.2) is 53.7 Å². The summed E-state index contributed by atoms with van der Waals surface area (Å²) in [4.78, 5) is 10.8. The highest BCUT2D eigenvalue weighted by Gasteiger charge is 2.53. The third kappa shape index (κ3) is 4.99. The molecule has 2 aromatic carbocycles. The van der Waals surface area contributed by atoms with Gasteiger partial charge in [0.05, 0.1) is 26.0 Å². The van der Waals surface area contributed by atoms with Crippen molar-refractivity contribution < 1.29 is 12.8 Å². The number of aromatic nitrogens is 2. The van der Waals surface area contributed by atoms with Gasteiger partial charge in [-0.1, -0.05) is 40.9 Å². The topological polar surface area (TPSA) is 90.8 Å². The first-order valence-electron chi connectivity index (χ1n) is 10.9. The molecule has 2 fully saturated rings. The van der Waals surface area contributed by atoms with Crippen molar-refractivity contribution in [3.05, 3.63) is 68.7 Å². The zero-order valence-electron chi connectivity index (χ0n) is 18.9. The number of piperazine rings is 1. The fourth-order valence-electron chi connectivity index (χ4n) is 4.25. The molecule has 1 saturated heterocycles. The van der Waals surface area contributed by atoms with Crippen molar-refractivity contribution in [1.29, 1.82) is 0 Å². The molecule has 0 radical (unpaired) electrons. The number of rotatable bonds is 5. The lowest BCUT2D eigenvalue weighted by Gasteiger charge is -2.43. The summed E-state index contributed by atoms with van der Waals surface area (Å²) >= 11 is 20.0. The van der Waals surface area contributed by atoms with Gasteiger partial charge in [0, 0.05) is 31.2 Å². The molecular formula is C22H20Cl3FN6O2S2. The van der Waals surface area contributed by atoms with E-state index in [0.29, 0.717) is 24.8 Å². The van der Waals surface area contributed by atoms with Crippen molar-refractivity contribution >= 4 is 67.3 Å². The summed E-state index contributed by atoms with van der Waals surface area (Å²) in [6.45, 7) is 3.47. The largest absolute Gasteiger partial charge is 0.345 e. The molecule has 8 nitrogen and oxygen atoms in total. The first kappa shape index (κ1) is 25.5. The summed E-state index contributed by atoms with van der Waals surface area (Å²) in [5.74, 6) is -0.374. The van der Waals surface area contributed by atoms with Gasteiger partial charge in [0.2, 0.25) is 10.4 Å². The Hall–Kier alpha value is -2.18. The minimum atomic E-state index is -3.99. The zero-order chi connectivity index (χ0) is 25.7. The molecule has 0 unspecified atom stereocenters. The fourth-order valence-corrected chi connectivity index (χ4v) is 6.52. The minimum Gasteiger partial charge on any atom is -0.345 e. The van der Waals surface area contributed by atoms with Gasteiger partial charge in [0.25, 0.3) is 10.0 Å². The van der Waals surface area contributed by atoms with Crippen LogP contribution in [0.1, 0.15) is 24.0 Å². The summed E-state index contributed by atoms with van der Waals surface area (Å²) in [5, 5.41) is 5.29. The Morgan fingerprint density at radius 2 is 1.81 bits per heavy atom. The average molecular weight is 590 g/mol. The summed E-state index contributed by atoms with van der Waals surface area (Å²) in [7, 11) is -3.99. The van der Waals surface area contributed by atoms with Crippen LogP contribution in [0, 0.1) is 12.7 Å². The summed E-state index contributed by atoms with van der Waals surface area (Å²) in [6, 6.07) is 8.66. The van der Waals surface area contributed by atoms with Crippen LogP contribution in [-0.2, 0) is 10.0 Å². The van der Waals surface area contributed by atoms with E-state index in [1.807, 2.05) is 11.8 Å². The van der Waals surface area contributed by atoms with E-state index >= 15 is 0 Å². The van der Waals surface area contributed by atoms with E-state index in [4.69, 9.17) is 34.8 Å². The average Bonchev–Trinajstić information content (AvgIpc) is 3.43. The number of amidine groups is 1. The zero-order valence-corrected chi connectivity index (χ0v) is 22.8. The SMILES string of the molecule is Cc1ccc(S(=O)(=O)N/N=C(/c2c(Cl)cc(F)cc2Cl)N2CCN(c3nc(Cl)ns3)CC23CC3)cc1. The van der Waals surface area contributed by atoms with Crippen molar-refractivity contribution in [1.82, 2.24) is 19.1 Å². The number of nitrogens with zero attached hydrogens (tertiary/aromatic N) is 5. The maximum Gasteiger partial charge on any atom is 0.276 e. The van der Waals surface area contributed by atoms with E-state index in [2.05, 4.69) is 24.2 Å². The Balaban J connectivity index is 1.53. The van der Waals surface area contributed by atoms with Gasteiger partial charge in [-0.15, -0.1) is 5.10 Å². The Labute approximate surface area is 226 Å². The molecule has 14 heteroatoms. The maximum atomic E-state index is 14.0. The predicted molar refractivity (Wildman–Crippen MR) is 140 cm³/mol. The van der Waals surface area contributed by atoms with Gasteiger partial charge >= 0.3 is 0 Å².